The standard InChI is InChI=1S/C11H11N2O4Si.CH2Cl2.ClH/c1-18(14-10-6-2-4-8-12(10)16-18)15-11-7-3-5-9-13(11)17-18;2-1-3;/h2-9H,1H3;1H2;1H/q+1;;/p-1. The SMILES string of the molecule is C[Si-]12(Oc3cccc[n+]3O1)Oc1cccc[n+]1O2.ClCCl.[Cl-]. The molecule has 0 saturated heterocycles. The molecule has 0 N–H and O–H groups in total. The summed E-state index contributed by atoms with van der Waals surface area (Å²) in [5.74, 6) is 1.14. The Morgan fingerprint density at radius 1 is 0.909 bits per heavy atom. The van der Waals surface area contributed by atoms with Crippen molar-refractivity contribution in [3.63, 3.8) is 0 Å². The first-order valence-corrected chi connectivity index (χ1v) is 9.87. The third-order valence-corrected chi connectivity index (χ3v) is 5.38. The number of nitrogens with zero attached hydrogens (tertiary/aromatic N) is 2. The summed E-state index contributed by atoms with van der Waals surface area (Å²) in [6.45, 7) is 1.74. The molecule has 120 valence electrons. The average molecular weight is 384 g/mol. The maximum absolute atomic E-state index is 5.85. The largest absolute Gasteiger partial charge is 1.00 e. The first-order valence-electron chi connectivity index (χ1n) is 6.17. The molecule has 2 aromatic heterocycles. The van der Waals surface area contributed by atoms with E-state index >= 15 is 0 Å². The second-order valence-corrected chi connectivity index (χ2v) is 8.75. The third-order valence-electron chi connectivity index (χ3n) is 2.84. The fourth-order valence-corrected chi connectivity index (χ4v) is 4.80. The predicted octanol–water partition coefficient (Wildman–Crippen LogP) is -1.95. The number of rotatable bonds is 0. The van der Waals surface area contributed by atoms with Crippen molar-refractivity contribution in [1.29, 1.82) is 0 Å². The van der Waals surface area contributed by atoms with Crippen LogP contribution in [0.4, 0.5) is 0 Å². The van der Waals surface area contributed by atoms with Crippen LogP contribution in [0.3, 0.4) is 0 Å². The molecule has 4 rings (SSSR count). The van der Waals surface area contributed by atoms with Crippen molar-refractivity contribution < 1.29 is 39.8 Å². The van der Waals surface area contributed by atoms with Crippen LogP contribution in [0.2, 0.25) is 6.55 Å². The van der Waals surface area contributed by atoms with E-state index in [2.05, 4.69) is 0 Å². The molecule has 0 saturated carbocycles. The molecule has 0 aromatic carbocycles. The molecule has 2 aliphatic rings. The van der Waals surface area contributed by atoms with E-state index < -0.39 is 8.33 Å². The van der Waals surface area contributed by atoms with Gasteiger partial charge in [0.15, 0.2) is 0 Å². The second-order valence-electron chi connectivity index (χ2n) is 4.53. The monoisotopic (exact) mass is 382 g/mol. The molecule has 6 nitrogen and oxygen atoms in total. The summed E-state index contributed by atoms with van der Waals surface area (Å²) < 4.78 is 26.4. The van der Waals surface area contributed by atoms with Crippen LogP contribution < -0.4 is 39.8 Å². The van der Waals surface area contributed by atoms with E-state index in [0.29, 0.717) is 11.8 Å². The summed E-state index contributed by atoms with van der Waals surface area (Å²) in [5, 5.41) is 0.194. The summed E-state index contributed by atoms with van der Waals surface area (Å²) in [4.78, 5) is 0. The Bertz CT molecular complexity index is 578. The number of halogens is 3. The van der Waals surface area contributed by atoms with Gasteiger partial charge in [-0.05, 0) is 0 Å². The van der Waals surface area contributed by atoms with Gasteiger partial charge in [-0.2, -0.15) is 0 Å². The molecule has 2 aromatic rings. The van der Waals surface area contributed by atoms with Gasteiger partial charge in [-0.25, -0.2) is 0 Å². The van der Waals surface area contributed by atoms with Crippen molar-refractivity contribution >= 4 is 31.5 Å². The summed E-state index contributed by atoms with van der Waals surface area (Å²) in [5.41, 5.74) is 0. The van der Waals surface area contributed by atoms with Gasteiger partial charge in [0.05, 0.1) is 5.34 Å². The summed E-state index contributed by atoms with van der Waals surface area (Å²) in [6, 6.07) is 11.0. The van der Waals surface area contributed by atoms with Gasteiger partial charge < -0.3 is 12.4 Å². The van der Waals surface area contributed by atoms with E-state index in [1.807, 2.05) is 24.3 Å². The maximum Gasteiger partial charge on any atom is 0.0967 e. The van der Waals surface area contributed by atoms with Crippen LogP contribution in [-0.2, 0) is 0 Å². The fourth-order valence-electron chi connectivity index (χ4n) is 2.15. The van der Waals surface area contributed by atoms with E-state index in [1.54, 1.807) is 31.1 Å². The molecule has 0 radical (unpaired) electrons. The van der Waals surface area contributed by atoms with E-state index in [4.69, 9.17) is 41.1 Å². The minimum absolute atomic E-state index is 0. The van der Waals surface area contributed by atoms with Crippen molar-refractivity contribution in [3.05, 3.63) is 48.8 Å². The Morgan fingerprint density at radius 2 is 1.32 bits per heavy atom. The number of fused-ring (bicyclic) bond motifs is 2. The Morgan fingerprint density at radius 3 is 1.68 bits per heavy atom. The molecule has 10 heteroatoms. The quantitative estimate of drug-likeness (QED) is 0.301. The topological polar surface area (TPSA) is 44.7 Å². The zero-order valence-corrected chi connectivity index (χ0v) is 14.8. The first kappa shape index (κ1) is 16.9. The number of pyridine rings is 2. The summed E-state index contributed by atoms with van der Waals surface area (Å²) in [7, 11) is -3.91. The number of hydrogen-bond donors (Lipinski definition) is 0. The van der Waals surface area contributed by atoms with E-state index in [9.17, 15) is 0 Å². The van der Waals surface area contributed by atoms with Crippen LogP contribution in [0.5, 0.6) is 11.8 Å². The normalized spacial score (nSPS) is 19.1. The van der Waals surface area contributed by atoms with E-state index in [0.717, 1.165) is 0 Å². The maximum atomic E-state index is 5.85. The van der Waals surface area contributed by atoms with Crippen molar-refractivity contribution in [2.45, 2.75) is 6.55 Å². The van der Waals surface area contributed by atoms with Crippen molar-refractivity contribution in [3.8, 4) is 11.8 Å². The number of hydrogen-bond acceptors (Lipinski definition) is 4. The zero-order valence-electron chi connectivity index (χ0n) is 11.5. The van der Waals surface area contributed by atoms with Gasteiger partial charge >= 0.3 is 103 Å². The molecule has 0 fully saturated rings. The predicted molar refractivity (Wildman–Crippen MR) is 75.9 cm³/mol. The Hall–Kier alpha value is -1.41. The van der Waals surface area contributed by atoms with Crippen LogP contribution in [0.1, 0.15) is 0 Å². The van der Waals surface area contributed by atoms with Gasteiger partial charge in [-0.15, -0.1) is 23.2 Å². The second kappa shape index (κ2) is 6.00. The summed E-state index contributed by atoms with van der Waals surface area (Å²) >= 11 is 9.53. The number of aromatic nitrogens is 2. The number of alkyl halides is 2. The van der Waals surface area contributed by atoms with Gasteiger partial charge in [0.1, 0.15) is 0 Å². The smallest absolute Gasteiger partial charge is 0.0967 e. The minimum Gasteiger partial charge on any atom is -1.00 e. The molecule has 0 bridgehead atoms. The van der Waals surface area contributed by atoms with E-state index in [1.165, 1.54) is 9.46 Å². The van der Waals surface area contributed by atoms with Gasteiger partial charge in [-0.3, -0.25) is 0 Å². The molecule has 0 amide bonds. The minimum atomic E-state index is -3.91. The van der Waals surface area contributed by atoms with Crippen molar-refractivity contribution in [2.24, 2.45) is 0 Å². The van der Waals surface area contributed by atoms with Crippen LogP contribution in [0.25, 0.3) is 0 Å². The van der Waals surface area contributed by atoms with Crippen molar-refractivity contribution in [1.82, 2.24) is 0 Å². The Labute approximate surface area is 143 Å². The van der Waals surface area contributed by atoms with Gasteiger partial charge in [0.25, 0.3) is 0 Å². The molecule has 1 spiro atoms. The molecule has 2 aliphatic heterocycles. The van der Waals surface area contributed by atoms with Crippen LogP contribution in [0, 0.1) is 0 Å². The van der Waals surface area contributed by atoms with Crippen LogP contribution in [-0.4, -0.2) is 13.7 Å². The van der Waals surface area contributed by atoms with Crippen LogP contribution >= 0.6 is 23.2 Å². The first-order chi connectivity index (χ1) is 10.1. The van der Waals surface area contributed by atoms with Crippen LogP contribution in [0.15, 0.2) is 48.8 Å². The molecule has 22 heavy (non-hydrogen) atoms. The molecule has 0 atom stereocenters. The van der Waals surface area contributed by atoms with E-state index in [-0.39, 0.29) is 17.7 Å². The average Bonchev–Trinajstić information content (AvgIpc) is 2.91. The molecular formula is C12H13Cl3N2O4Si. The van der Waals surface area contributed by atoms with Crippen molar-refractivity contribution in [2.75, 3.05) is 5.34 Å². The summed E-state index contributed by atoms with van der Waals surface area (Å²) in [6.07, 6.45) is 3.51. The Balaban J connectivity index is 0.000000411. The fraction of sp³-hybridized carbons (Fsp3) is 0.167. The zero-order chi connectivity index (χ0) is 14.9. The Kier molecular flexibility index (Phi) is 4.62. The van der Waals surface area contributed by atoms with Gasteiger partial charge in [0.2, 0.25) is 0 Å². The van der Waals surface area contributed by atoms with Gasteiger partial charge in [-0.1, -0.05) is 0 Å². The van der Waals surface area contributed by atoms with Gasteiger partial charge in [0, 0.05) is 0 Å². The molecular weight excluding hydrogens is 371 g/mol. The third kappa shape index (κ3) is 2.89. The molecule has 4 heterocycles. The molecule has 0 unspecified atom stereocenters. The molecule has 0 aliphatic carbocycles.